The lowest BCUT2D eigenvalue weighted by atomic mass is 10.2. The predicted octanol–water partition coefficient (Wildman–Crippen LogP) is 3.92. The summed E-state index contributed by atoms with van der Waals surface area (Å²) in [5, 5.41) is 8.04. The van der Waals surface area contributed by atoms with Crippen molar-refractivity contribution in [1.29, 1.82) is 0 Å². The van der Waals surface area contributed by atoms with Crippen LogP contribution in [0.15, 0.2) is 56.2 Å². The third-order valence-electron chi connectivity index (χ3n) is 4.56. The Balaban J connectivity index is 1.28. The summed E-state index contributed by atoms with van der Waals surface area (Å²) in [6.45, 7) is 3.55. The summed E-state index contributed by atoms with van der Waals surface area (Å²) in [5.41, 5.74) is 1.98. The van der Waals surface area contributed by atoms with Gasteiger partial charge in [0.15, 0.2) is 0 Å². The fraction of sp³-hybridized carbons (Fsp3) is 0.250. The highest BCUT2D eigenvalue weighted by Gasteiger charge is 2.21. The van der Waals surface area contributed by atoms with Crippen LogP contribution in [0.4, 0.5) is 0 Å². The Labute approximate surface area is 175 Å². The smallest absolute Gasteiger partial charge is 0.246 e. The van der Waals surface area contributed by atoms with Gasteiger partial charge in [0.25, 0.3) is 0 Å². The van der Waals surface area contributed by atoms with Crippen LogP contribution in [0.25, 0.3) is 17.5 Å². The zero-order valence-corrected chi connectivity index (χ0v) is 17.5. The number of nitrogens with zero attached hydrogens (tertiary/aromatic N) is 4. The molecule has 28 heavy (non-hydrogen) atoms. The second-order valence-corrected chi connectivity index (χ2v) is 8.21. The normalized spacial score (nSPS) is 15.4. The van der Waals surface area contributed by atoms with Crippen LogP contribution >= 0.6 is 27.3 Å². The Morgan fingerprint density at radius 1 is 1.25 bits per heavy atom. The molecule has 2 aromatic heterocycles. The molecule has 1 aromatic carbocycles. The molecular formula is C20H19BrN4O2S. The first-order valence-corrected chi connectivity index (χ1v) is 10.7. The fourth-order valence-electron chi connectivity index (χ4n) is 3.03. The Morgan fingerprint density at radius 2 is 2.11 bits per heavy atom. The van der Waals surface area contributed by atoms with Crippen LogP contribution in [-0.4, -0.2) is 52.0 Å². The van der Waals surface area contributed by atoms with Crippen LogP contribution in [0.1, 0.15) is 11.5 Å². The number of aromatic nitrogens is 2. The minimum atomic E-state index is 0.0390. The first-order chi connectivity index (χ1) is 13.7. The summed E-state index contributed by atoms with van der Waals surface area (Å²) in [6, 6.07) is 9.85. The van der Waals surface area contributed by atoms with Crippen LogP contribution < -0.4 is 0 Å². The topological polar surface area (TPSA) is 62.5 Å². The molecule has 1 aliphatic rings. The second kappa shape index (κ2) is 8.81. The van der Waals surface area contributed by atoms with Crippen molar-refractivity contribution >= 4 is 39.2 Å². The molecule has 6 nitrogen and oxygen atoms in total. The Kier molecular flexibility index (Phi) is 5.99. The number of halogens is 1. The van der Waals surface area contributed by atoms with E-state index in [-0.39, 0.29) is 5.91 Å². The van der Waals surface area contributed by atoms with Gasteiger partial charge in [0.1, 0.15) is 0 Å². The van der Waals surface area contributed by atoms with Gasteiger partial charge in [-0.2, -0.15) is 16.3 Å². The molecule has 1 aliphatic heterocycles. The fourth-order valence-corrected chi connectivity index (χ4v) is 4.08. The molecule has 3 heterocycles. The van der Waals surface area contributed by atoms with Crippen molar-refractivity contribution < 1.29 is 9.32 Å². The number of hydrogen-bond donors (Lipinski definition) is 0. The Hall–Kier alpha value is -2.29. The first kappa shape index (κ1) is 19.0. The number of benzene rings is 1. The predicted molar refractivity (Wildman–Crippen MR) is 113 cm³/mol. The average Bonchev–Trinajstić information content (AvgIpc) is 3.38. The lowest BCUT2D eigenvalue weighted by Gasteiger charge is -2.33. The highest BCUT2D eigenvalue weighted by molar-refractivity contribution is 9.10. The number of amides is 1. The molecule has 1 saturated heterocycles. The van der Waals surface area contributed by atoms with Gasteiger partial charge in [-0.25, -0.2) is 0 Å². The van der Waals surface area contributed by atoms with Gasteiger partial charge in [0, 0.05) is 47.7 Å². The zero-order valence-electron chi connectivity index (χ0n) is 15.1. The number of carbonyl (C=O) groups is 1. The molecular weight excluding hydrogens is 440 g/mol. The summed E-state index contributed by atoms with van der Waals surface area (Å²) < 4.78 is 6.37. The minimum Gasteiger partial charge on any atom is -0.338 e. The van der Waals surface area contributed by atoms with Crippen molar-refractivity contribution in [3.8, 4) is 11.4 Å². The molecule has 8 heteroatoms. The minimum absolute atomic E-state index is 0.0390. The summed E-state index contributed by atoms with van der Waals surface area (Å²) >= 11 is 5.05. The van der Waals surface area contributed by atoms with Gasteiger partial charge in [-0.3, -0.25) is 9.69 Å². The van der Waals surface area contributed by atoms with Crippen LogP contribution in [0.3, 0.4) is 0 Å². The maximum atomic E-state index is 12.4. The maximum absolute atomic E-state index is 12.4. The highest BCUT2D eigenvalue weighted by Crippen LogP contribution is 2.19. The summed E-state index contributed by atoms with van der Waals surface area (Å²) in [7, 11) is 0. The van der Waals surface area contributed by atoms with E-state index in [2.05, 4.69) is 31.0 Å². The van der Waals surface area contributed by atoms with Crippen molar-refractivity contribution in [3.63, 3.8) is 0 Å². The SMILES string of the molecule is O=C(/C=C/c1cccc(Br)c1)N1CCN(Cc2nc(-c3ccsc3)no2)CC1. The van der Waals surface area contributed by atoms with E-state index in [0.29, 0.717) is 31.3 Å². The molecule has 0 aliphatic carbocycles. The molecule has 0 atom stereocenters. The van der Waals surface area contributed by atoms with Crippen molar-refractivity contribution in [2.45, 2.75) is 6.54 Å². The van der Waals surface area contributed by atoms with Crippen LogP contribution in [0.2, 0.25) is 0 Å². The van der Waals surface area contributed by atoms with E-state index >= 15 is 0 Å². The Morgan fingerprint density at radius 3 is 2.86 bits per heavy atom. The lowest BCUT2D eigenvalue weighted by Crippen LogP contribution is -2.47. The third-order valence-corrected chi connectivity index (χ3v) is 5.73. The monoisotopic (exact) mass is 458 g/mol. The molecule has 0 bridgehead atoms. The van der Waals surface area contributed by atoms with E-state index in [9.17, 15) is 4.79 Å². The zero-order chi connectivity index (χ0) is 19.3. The summed E-state index contributed by atoms with van der Waals surface area (Å²) in [6.07, 6.45) is 3.49. The van der Waals surface area contributed by atoms with Crippen LogP contribution in [0, 0.1) is 0 Å². The van der Waals surface area contributed by atoms with Crippen molar-refractivity contribution in [2.24, 2.45) is 0 Å². The standard InChI is InChI=1S/C20H19BrN4O2S/c21-17-3-1-2-15(12-17)4-5-19(26)25-9-7-24(8-10-25)13-18-22-20(23-27-18)16-6-11-28-14-16/h1-6,11-12,14H,7-10,13H2/b5-4+. The molecule has 0 N–H and O–H groups in total. The van der Waals surface area contributed by atoms with Gasteiger partial charge < -0.3 is 9.42 Å². The number of carbonyl (C=O) groups excluding carboxylic acids is 1. The number of hydrogen-bond acceptors (Lipinski definition) is 6. The van der Waals surface area contributed by atoms with Crippen molar-refractivity contribution in [3.05, 3.63) is 63.1 Å². The number of piperazine rings is 1. The molecule has 0 saturated carbocycles. The van der Waals surface area contributed by atoms with Gasteiger partial charge in [0.05, 0.1) is 6.54 Å². The number of rotatable bonds is 5. The van der Waals surface area contributed by atoms with Gasteiger partial charge >= 0.3 is 0 Å². The van der Waals surface area contributed by atoms with Gasteiger partial charge in [-0.05, 0) is 35.2 Å². The third kappa shape index (κ3) is 4.76. The molecule has 1 amide bonds. The van der Waals surface area contributed by atoms with Gasteiger partial charge in [0.2, 0.25) is 17.6 Å². The van der Waals surface area contributed by atoms with Crippen LogP contribution in [0.5, 0.6) is 0 Å². The van der Waals surface area contributed by atoms with Gasteiger partial charge in [-0.1, -0.05) is 33.2 Å². The van der Waals surface area contributed by atoms with E-state index in [1.54, 1.807) is 17.4 Å². The molecule has 3 aromatic rings. The lowest BCUT2D eigenvalue weighted by molar-refractivity contribution is -0.127. The second-order valence-electron chi connectivity index (χ2n) is 6.51. The molecule has 1 fully saturated rings. The maximum Gasteiger partial charge on any atom is 0.246 e. The average molecular weight is 459 g/mol. The van der Waals surface area contributed by atoms with E-state index in [1.807, 2.05) is 52.1 Å². The number of thiophene rings is 1. The molecule has 0 radical (unpaired) electrons. The molecule has 0 spiro atoms. The first-order valence-electron chi connectivity index (χ1n) is 8.97. The van der Waals surface area contributed by atoms with E-state index < -0.39 is 0 Å². The summed E-state index contributed by atoms with van der Waals surface area (Å²) in [5.74, 6) is 1.27. The Bertz CT molecular complexity index is 962. The molecule has 144 valence electrons. The van der Waals surface area contributed by atoms with Crippen molar-refractivity contribution in [2.75, 3.05) is 26.2 Å². The largest absolute Gasteiger partial charge is 0.338 e. The summed E-state index contributed by atoms with van der Waals surface area (Å²) in [4.78, 5) is 21.0. The van der Waals surface area contributed by atoms with E-state index in [0.717, 1.165) is 28.7 Å². The van der Waals surface area contributed by atoms with E-state index in [1.165, 1.54) is 0 Å². The highest BCUT2D eigenvalue weighted by atomic mass is 79.9. The van der Waals surface area contributed by atoms with Crippen molar-refractivity contribution in [1.82, 2.24) is 19.9 Å². The molecule has 4 rings (SSSR count). The molecule has 0 unspecified atom stereocenters. The van der Waals surface area contributed by atoms with Crippen LogP contribution in [-0.2, 0) is 11.3 Å². The van der Waals surface area contributed by atoms with Gasteiger partial charge in [-0.15, -0.1) is 0 Å². The van der Waals surface area contributed by atoms with E-state index in [4.69, 9.17) is 4.52 Å². The quantitative estimate of drug-likeness (QED) is 0.542.